The van der Waals surface area contributed by atoms with Crippen molar-refractivity contribution in [3.8, 4) is 0 Å². The molecular weight excluding hydrogens is 214 g/mol. The second-order valence-corrected chi connectivity index (χ2v) is 4.68. The number of morpholine rings is 1. The first-order valence-electron chi connectivity index (χ1n) is 6.30. The molecule has 94 valence electrons. The van der Waals surface area contributed by atoms with Crippen molar-refractivity contribution in [3.05, 3.63) is 35.9 Å². The van der Waals surface area contributed by atoms with E-state index in [1.807, 2.05) is 18.2 Å². The van der Waals surface area contributed by atoms with Gasteiger partial charge in [-0.1, -0.05) is 37.3 Å². The van der Waals surface area contributed by atoms with E-state index in [1.54, 1.807) is 0 Å². The molecule has 3 heteroatoms. The summed E-state index contributed by atoms with van der Waals surface area (Å²) in [6.07, 6.45) is -0.310. The van der Waals surface area contributed by atoms with Gasteiger partial charge in [-0.15, -0.1) is 0 Å². The summed E-state index contributed by atoms with van der Waals surface area (Å²) in [5.74, 6) is 0.180. The standard InChI is InChI=1S/C14H21NO2/c1-12(13-5-3-2-4-6-13)14(16)11-15-7-9-17-10-8-15/h2-6,12,14,16H,7-11H2,1H3. The highest BCUT2D eigenvalue weighted by Gasteiger charge is 2.20. The molecule has 0 bridgehead atoms. The highest BCUT2D eigenvalue weighted by atomic mass is 16.5. The van der Waals surface area contributed by atoms with Gasteiger partial charge in [-0.05, 0) is 5.56 Å². The summed E-state index contributed by atoms with van der Waals surface area (Å²) in [5, 5.41) is 10.2. The molecule has 0 saturated carbocycles. The first-order valence-corrected chi connectivity index (χ1v) is 6.30. The van der Waals surface area contributed by atoms with Crippen LogP contribution in [-0.4, -0.2) is 49.0 Å². The lowest BCUT2D eigenvalue weighted by Gasteiger charge is -2.30. The monoisotopic (exact) mass is 235 g/mol. The highest BCUT2D eigenvalue weighted by molar-refractivity contribution is 5.19. The van der Waals surface area contributed by atoms with Crippen LogP contribution in [0.5, 0.6) is 0 Å². The maximum absolute atomic E-state index is 10.2. The third-order valence-electron chi connectivity index (χ3n) is 3.45. The van der Waals surface area contributed by atoms with Crippen molar-refractivity contribution < 1.29 is 9.84 Å². The normalized spacial score (nSPS) is 21.1. The van der Waals surface area contributed by atoms with Gasteiger partial charge in [-0.2, -0.15) is 0 Å². The molecule has 17 heavy (non-hydrogen) atoms. The fourth-order valence-corrected chi connectivity index (χ4v) is 2.19. The Morgan fingerprint density at radius 2 is 1.88 bits per heavy atom. The van der Waals surface area contributed by atoms with Crippen LogP contribution in [0.3, 0.4) is 0 Å². The summed E-state index contributed by atoms with van der Waals surface area (Å²) >= 11 is 0. The van der Waals surface area contributed by atoms with Gasteiger partial charge in [0.15, 0.2) is 0 Å². The molecule has 1 N–H and O–H groups in total. The molecular formula is C14H21NO2. The van der Waals surface area contributed by atoms with Gasteiger partial charge < -0.3 is 9.84 Å². The summed E-state index contributed by atoms with van der Waals surface area (Å²) in [6.45, 7) is 6.25. The quantitative estimate of drug-likeness (QED) is 0.858. The predicted molar refractivity (Wildman–Crippen MR) is 68.1 cm³/mol. The molecule has 0 radical (unpaired) electrons. The lowest BCUT2D eigenvalue weighted by Crippen LogP contribution is -2.42. The first-order chi connectivity index (χ1) is 8.27. The van der Waals surface area contributed by atoms with Crippen molar-refractivity contribution in [2.45, 2.75) is 18.9 Å². The Balaban J connectivity index is 1.88. The maximum atomic E-state index is 10.2. The molecule has 0 aliphatic carbocycles. The topological polar surface area (TPSA) is 32.7 Å². The van der Waals surface area contributed by atoms with Crippen LogP contribution in [0.4, 0.5) is 0 Å². The van der Waals surface area contributed by atoms with E-state index in [2.05, 4.69) is 24.0 Å². The van der Waals surface area contributed by atoms with E-state index < -0.39 is 0 Å². The summed E-state index contributed by atoms with van der Waals surface area (Å²) in [5.41, 5.74) is 1.20. The van der Waals surface area contributed by atoms with E-state index >= 15 is 0 Å². The smallest absolute Gasteiger partial charge is 0.0732 e. The third-order valence-corrected chi connectivity index (χ3v) is 3.45. The molecule has 1 aromatic carbocycles. The lowest BCUT2D eigenvalue weighted by molar-refractivity contribution is 0.0103. The second kappa shape index (κ2) is 6.15. The van der Waals surface area contributed by atoms with Crippen LogP contribution in [0, 0.1) is 0 Å². The Kier molecular flexibility index (Phi) is 4.54. The van der Waals surface area contributed by atoms with Crippen molar-refractivity contribution in [1.29, 1.82) is 0 Å². The summed E-state index contributed by atoms with van der Waals surface area (Å²) in [6, 6.07) is 10.2. The SMILES string of the molecule is CC(c1ccccc1)C(O)CN1CCOCC1. The van der Waals surface area contributed by atoms with E-state index in [1.165, 1.54) is 5.56 Å². The van der Waals surface area contributed by atoms with Gasteiger partial charge in [-0.3, -0.25) is 4.90 Å². The van der Waals surface area contributed by atoms with Crippen molar-refractivity contribution in [1.82, 2.24) is 4.90 Å². The molecule has 2 unspecified atom stereocenters. The lowest BCUT2D eigenvalue weighted by atomic mass is 9.95. The van der Waals surface area contributed by atoms with Crippen LogP contribution in [0.15, 0.2) is 30.3 Å². The maximum Gasteiger partial charge on any atom is 0.0732 e. The van der Waals surface area contributed by atoms with Gasteiger partial charge >= 0.3 is 0 Å². The zero-order chi connectivity index (χ0) is 12.1. The van der Waals surface area contributed by atoms with Crippen molar-refractivity contribution >= 4 is 0 Å². The Morgan fingerprint density at radius 3 is 2.53 bits per heavy atom. The molecule has 2 rings (SSSR count). The molecule has 1 saturated heterocycles. The Hall–Kier alpha value is -0.900. The molecule has 1 aliphatic heterocycles. The summed E-state index contributed by atoms with van der Waals surface area (Å²) in [4.78, 5) is 2.27. The zero-order valence-electron chi connectivity index (χ0n) is 10.4. The van der Waals surface area contributed by atoms with Gasteiger partial charge in [0, 0.05) is 25.6 Å². The molecule has 0 aromatic heterocycles. The minimum absolute atomic E-state index is 0.180. The Morgan fingerprint density at radius 1 is 1.24 bits per heavy atom. The molecule has 2 atom stereocenters. The fraction of sp³-hybridized carbons (Fsp3) is 0.571. The van der Waals surface area contributed by atoms with E-state index in [4.69, 9.17) is 4.74 Å². The van der Waals surface area contributed by atoms with Gasteiger partial charge in [0.2, 0.25) is 0 Å². The third kappa shape index (κ3) is 3.53. The molecule has 1 fully saturated rings. The molecule has 3 nitrogen and oxygen atoms in total. The van der Waals surface area contributed by atoms with Crippen LogP contribution in [-0.2, 0) is 4.74 Å². The van der Waals surface area contributed by atoms with E-state index in [-0.39, 0.29) is 12.0 Å². The zero-order valence-corrected chi connectivity index (χ0v) is 10.4. The number of hydrogen-bond donors (Lipinski definition) is 1. The number of aliphatic hydroxyl groups is 1. The fourth-order valence-electron chi connectivity index (χ4n) is 2.19. The van der Waals surface area contributed by atoms with Crippen molar-refractivity contribution in [3.63, 3.8) is 0 Å². The molecule has 1 heterocycles. The Bertz CT molecular complexity index is 322. The minimum atomic E-state index is -0.310. The first kappa shape index (κ1) is 12.6. The average molecular weight is 235 g/mol. The number of β-amino-alcohol motifs (C(OH)–C–C–N with tert-alkyl or cyclic N) is 1. The number of rotatable bonds is 4. The highest BCUT2D eigenvalue weighted by Crippen LogP contribution is 2.19. The van der Waals surface area contributed by atoms with Gasteiger partial charge in [0.1, 0.15) is 0 Å². The largest absolute Gasteiger partial charge is 0.391 e. The van der Waals surface area contributed by atoms with Gasteiger partial charge in [-0.25, -0.2) is 0 Å². The second-order valence-electron chi connectivity index (χ2n) is 4.68. The summed E-state index contributed by atoms with van der Waals surface area (Å²) < 4.78 is 5.30. The summed E-state index contributed by atoms with van der Waals surface area (Å²) in [7, 11) is 0. The molecule has 1 aromatic rings. The van der Waals surface area contributed by atoms with E-state index in [0.29, 0.717) is 0 Å². The van der Waals surface area contributed by atoms with Crippen LogP contribution in [0.1, 0.15) is 18.4 Å². The number of hydrogen-bond acceptors (Lipinski definition) is 3. The Labute approximate surface area is 103 Å². The molecule has 0 spiro atoms. The molecule has 1 aliphatic rings. The van der Waals surface area contributed by atoms with Gasteiger partial charge in [0.25, 0.3) is 0 Å². The van der Waals surface area contributed by atoms with E-state index in [9.17, 15) is 5.11 Å². The van der Waals surface area contributed by atoms with Crippen LogP contribution in [0.25, 0.3) is 0 Å². The average Bonchev–Trinajstić information content (AvgIpc) is 2.40. The van der Waals surface area contributed by atoms with Crippen LogP contribution in [0.2, 0.25) is 0 Å². The van der Waals surface area contributed by atoms with Crippen molar-refractivity contribution in [2.75, 3.05) is 32.8 Å². The van der Waals surface area contributed by atoms with Crippen LogP contribution >= 0.6 is 0 Å². The number of ether oxygens (including phenoxy) is 1. The molecule has 0 amide bonds. The number of nitrogens with zero attached hydrogens (tertiary/aromatic N) is 1. The number of aliphatic hydroxyl groups excluding tert-OH is 1. The van der Waals surface area contributed by atoms with Crippen LogP contribution < -0.4 is 0 Å². The van der Waals surface area contributed by atoms with E-state index in [0.717, 1.165) is 32.8 Å². The number of benzene rings is 1. The predicted octanol–water partition coefficient (Wildman–Crippen LogP) is 1.48. The minimum Gasteiger partial charge on any atom is -0.391 e. The van der Waals surface area contributed by atoms with Crippen molar-refractivity contribution in [2.24, 2.45) is 0 Å². The van der Waals surface area contributed by atoms with Gasteiger partial charge in [0.05, 0.1) is 19.3 Å².